The average molecular weight is 370 g/mol. The smallest absolute Gasteiger partial charge is 0.234 e. The summed E-state index contributed by atoms with van der Waals surface area (Å²) in [6.45, 7) is 2.63. The van der Waals surface area contributed by atoms with E-state index in [4.69, 9.17) is 0 Å². The van der Waals surface area contributed by atoms with E-state index in [1.807, 2.05) is 30.3 Å². The van der Waals surface area contributed by atoms with Crippen LogP contribution in [0, 0.1) is 5.92 Å². The molecular weight excluding hydrogens is 338 g/mol. The molecule has 1 aromatic carbocycles. The third kappa shape index (κ3) is 6.51. The zero-order valence-corrected chi connectivity index (χ0v) is 16.1. The number of carbonyl (C=O) groups excluding carboxylic acids is 2. The predicted molar refractivity (Wildman–Crippen MR) is 108 cm³/mol. The van der Waals surface area contributed by atoms with Gasteiger partial charge in [-0.25, -0.2) is 0 Å². The fourth-order valence-electron chi connectivity index (χ4n) is 3.93. The molecule has 0 bridgehead atoms. The van der Waals surface area contributed by atoms with Crippen LogP contribution < -0.4 is 10.6 Å². The standard InChI is InChI=1S/C22H31N3O2/c26-21(23-14-13-18-8-3-1-4-9-18)17-25-15-7-10-19(16-25)22(27)24-20-11-5-2-6-12-20/h2,5-6,8,11-12,19H,1,3-4,7,9-10,13-17H2,(H,23,26)(H,24,27). The number of nitrogens with zero attached hydrogens (tertiary/aromatic N) is 1. The Kier molecular flexibility index (Phi) is 7.45. The number of hydrogen-bond donors (Lipinski definition) is 2. The van der Waals surface area contributed by atoms with E-state index in [2.05, 4.69) is 21.6 Å². The maximum absolute atomic E-state index is 12.5. The van der Waals surface area contributed by atoms with Crippen LogP contribution in [0.3, 0.4) is 0 Å². The number of likely N-dealkylation sites (tertiary alicyclic amines) is 1. The first-order chi connectivity index (χ1) is 13.2. The highest BCUT2D eigenvalue weighted by atomic mass is 16.2. The maximum atomic E-state index is 12.5. The highest BCUT2D eigenvalue weighted by molar-refractivity contribution is 5.92. The molecule has 27 heavy (non-hydrogen) atoms. The molecule has 0 saturated carbocycles. The van der Waals surface area contributed by atoms with E-state index in [-0.39, 0.29) is 17.7 Å². The number of hydrogen-bond acceptors (Lipinski definition) is 3. The molecule has 1 aliphatic carbocycles. The summed E-state index contributed by atoms with van der Waals surface area (Å²) in [6.07, 6.45) is 10.1. The zero-order valence-electron chi connectivity index (χ0n) is 16.1. The van der Waals surface area contributed by atoms with Gasteiger partial charge in [-0.05, 0) is 63.6 Å². The molecule has 1 heterocycles. The van der Waals surface area contributed by atoms with Gasteiger partial charge in [0.2, 0.25) is 11.8 Å². The van der Waals surface area contributed by atoms with Crippen molar-refractivity contribution in [3.8, 4) is 0 Å². The second kappa shape index (κ2) is 10.3. The van der Waals surface area contributed by atoms with Gasteiger partial charge in [0.05, 0.1) is 12.5 Å². The molecule has 5 heteroatoms. The van der Waals surface area contributed by atoms with Crippen LogP contribution in [0.5, 0.6) is 0 Å². The molecule has 2 amide bonds. The van der Waals surface area contributed by atoms with Gasteiger partial charge in [-0.1, -0.05) is 29.8 Å². The molecule has 0 spiro atoms. The van der Waals surface area contributed by atoms with Crippen molar-refractivity contribution in [1.29, 1.82) is 0 Å². The molecule has 1 atom stereocenters. The van der Waals surface area contributed by atoms with Crippen molar-refractivity contribution in [1.82, 2.24) is 10.2 Å². The molecule has 1 aromatic rings. The Bertz CT molecular complexity index is 657. The molecule has 146 valence electrons. The van der Waals surface area contributed by atoms with Crippen molar-refractivity contribution in [2.45, 2.75) is 44.9 Å². The number of benzene rings is 1. The number of allylic oxidation sites excluding steroid dienone is 1. The fourth-order valence-corrected chi connectivity index (χ4v) is 3.93. The molecule has 1 saturated heterocycles. The Morgan fingerprint density at radius 1 is 1.11 bits per heavy atom. The normalized spacial score (nSPS) is 20.6. The maximum Gasteiger partial charge on any atom is 0.234 e. The van der Waals surface area contributed by atoms with Gasteiger partial charge < -0.3 is 10.6 Å². The third-order valence-corrected chi connectivity index (χ3v) is 5.44. The van der Waals surface area contributed by atoms with Crippen LogP contribution in [-0.4, -0.2) is 42.9 Å². The van der Waals surface area contributed by atoms with Crippen molar-refractivity contribution in [2.24, 2.45) is 5.92 Å². The van der Waals surface area contributed by atoms with Crippen LogP contribution in [0.1, 0.15) is 44.9 Å². The number of rotatable bonds is 7. The number of amides is 2. The van der Waals surface area contributed by atoms with E-state index in [1.54, 1.807) is 0 Å². The van der Waals surface area contributed by atoms with Crippen molar-refractivity contribution in [3.63, 3.8) is 0 Å². The molecular formula is C22H31N3O2. The quantitative estimate of drug-likeness (QED) is 0.725. The Hall–Kier alpha value is -2.14. The summed E-state index contributed by atoms with van der Waals surface area (Å²) in [5, 5.41) is 6.02. The lowest BCUT2D eigenvalue weighted by Gasteiger charge is -2.31. The Morgan fingerprint density at radius 3 is 2.74 bits per heavy atom. The largest absolute Gasteiger partial charge is 0.355 e. The first-order valence-electron chi connectivity index (χ1n) is 10.2. The molecule has 2 N–H and O–H groups in total. The number of nitrogens with one attached hydrogen (secondary N) is 2. The van der Waals surface area contributed by atoms with Gasteiger partial charge in [0, 0.05) is 18.8 Å². The Labute approximate surface area is 162 Å². The minimum atomic E-state index is -0.0563. The number of para-hydroxylation sites is 1. The van der Waals surface area contributed by atoms with E-state index in [9.17, 15) is 9.59 Å². The lowest BCUT2D eigenvalue weighted by molar-refractivity contribution is -0.125. The first-order valence-corrected chi connectivity index (χ1v) is 10.2. The van der Waals surface area contributed by atoms with Crippen molar-refractivity contribution >= 4 is 17.5 Å². The van der Waals surface area contributed by atoms with Crippen molar-refractivity contribution in [3.05, 3.63) is 42.0 Å². The van der Waals surface area contributed by atoms with Crippen LogP contribution in [0.15, 0.2) is 42.0 Å². The van der Waals surface area contributed by atoms with Gasteiger partial charge in [0.15, 0.2) is 0 Å². The topological polar surface area (TPSA) is 61.4 Å². The number of piperidine rings is 1. The molecule has 1 aliphatic heterocycles. The molecule has 1 unspecified atom stereocenters. The van der Waals surface area contributed by atoms with Gasteiger partial charge >= 0.3 is 0 Å². The summed E-state index contributed by atoms with van der Waals surface area (Å²) in [5.41, 5.74) is 2.31. The van der Waals surface area contributed by atoms with Crippen LogP contribution >= 0.6 is 0 Å². The van der Waals surface area contributed by atoms with Gasteiger partial charge in [-0.3, -0.25) is 14.5 Å². The molecule has 1 fully saturated rings. The van der Waals surface area contributed by atoms with E-state index in [0.29, 0.717) is 13.1 Å². The molecule has 3 rings (SSSR count). The minimum Gasteiger partial charge on any atom is -0.355 e. The second-order valence-corrected chi connectivity index (χ2v) is 7.64. The lowest BCUT2D eigenvalue weighted by Crippen LogP contribution is -2.45. The van der Waals surface area contributed by atoms with Gasteiger partial charge in [-0.15, -0.1) is 0 Å². The van der Waals surface area contributed by atoms with Crippen LogP contribution in [-0.2, 0) is 9.59 Å². The molecule has 0 radical (unpaired) electrons. The lowest BCUT2D eigenvalue weighted by atomic mass is 9.97. The fraction of sp³-hybridized carbons (Fsp3) is 0.545. The summed E-state index contributed by atoms with van der Waals surface area (Å²) < 4.78 is 0. The predicted octanol–water partition coefficient (Wildman–Crippen LogP) is 3.34. The molecule has 2 aliphatic rings. The summed E-state index contributed by atoms with van der Waals surface area (Å²) in [6, 6.07) is 9.55. The summed E-state index contributed by atoms with van der Waals surface area (Å²) in [5.74, 6) is 0.0604. The highest BCUT2D eigenvalue weighted by Gasteiger charge is 2.26. The van der Waals surface area contributed by atoms with Crippen LogP contribution in [0.25, 0.3) is 0 Å². The van der Waals surface area contributed by atoms with E-state index < -0.39 is 0 Å². The molecule has 5 nitrogen and oxygen atoms in total. The van der Waals surface area contributed by atoms with Crippen LogP contribution in [0.2, 0.25) is 0 Å². The monoisotopic (exact) mass is 369 g/mol. The second-order valence-electron chi connectivity index (χ2n) is 7.64. The highest BCUT2D eigenvalue weighted by Crippen LogP contribution is 2.20. The van der Waals surface area contributed by atoms with Gasteiger partial charge in [0.1, 0.15) is 0 Å². The van der Waals surface area contributed by atoms with E-state index in [0.717, 1.165) is 38.0 Å². The number of anilines is 1. The minimum absolute atomic E-state index is 0.0514. The zero-order chi connectivity index (χ0) is 18.9. The molecule has 0 aromatic heterocycles. The number of carbonyl (C=O) groups is 2. The summed E-state index contributed by atoms with van der Waals surface area (Å²) >= 11 is 0. The average Bonchev–Trinajstić information content (AvgIpc) is 2.70. The third-order valence-electron chi connectivity index (χ3n) is 5.44. The van der Waals surface area contributed by atoms with Gasteiger partial charge in [-0.2, -0.15) is 0 Å². The van der Waals surface area contributed by atoms with Gasteiger partial charge in [0.25, 0.3) is 0 Å². The first kappa shape index (κ1) is 19.6. The van der Waals surface area contributed by atoms with Crippen molar-refractivity contribution in [2.75, 3.05) is 31.5 Å². The summed E-state index contributed by atoms with van der Waals surface area (Å²) in [7, 11) is 0. The van der Waals surface area contributed by atoms with E-state index in [1.165, 1.54) is 31.3 Å². The SMILES string of the molecule is O=C(CN1CCCC(C(=O)Nc2ccccc2)C1)NCCC1=CCCCC1. The van der Waals surface area contributed by atoms with Crippen LogP contribution in [0.4, 0.5) is 5.69 Å². The van der Waals surface area contributed by atoms with E-state index >= 15 is 0 Å². The Balaban J connectivity index is 1.39. The Morgan fingerprint density at radius 2 is 1.96 bits per heavy atom. The summed E-state index contributed by atoms with van der Waals surface area (Å²) in [4.78, 5) is 26.9. The van der Waals surface area contributed by atoms with Crippen molar-refractivity contribution < 1.29 is 9.59 Å².